The SMILES string of the molecule is O=C(CCOCCOCCNC(=O)C1CCC(C(=O)C2CCCCCCCCCC2)CC1)Oc1c(F)c(F)c(F)c(F)c1F. The molecule has 2 aliphatic rings. The lowest BCUT2D eigenvalue weighted by Gasteiger charge is -2.29. The number of carbonyl (C=O) groups excluding carboxylic acids is 3. The topological polar surface area (TPSA) is 90.9 Å². The van der Waals surface area contributed by atoms with E-state index in [-0.39, 0.29) is 50.1 Å². The van der Waals surface area contributed by atoms with Crippen LogP contribution in [0, 0.1) is 46.8 Å². The second kappa shape index (κ2) is 19.0. The van der Waals surface area contributed by atoms with Crippen molar-refractivity contribution in [3.8, 4) is 5.75 Å². The third kappa shape index (κ3) is 11.1. The minimum atomic E-state index is -2.35. The first-order chi connectivity index (χ1) is 21.2. The number of hydrogen-bond donors (Lipinski definition) is 1. The van der Waals surface area contributed by atoms with Crippen molar-refractivity contribution in [1.29, 1.82) is 0 Å². The van der Waals surface area contributed by atoms with E-state index in [0.717, 1.165) is 38.5 Å². The summed E-state index contributed by atoms with van der Waals surface area (Å²) >= 11 is 0. The summed E-state index contributed by atoms with van der Waals surface area (Å²) in [5, 5.41) is 2.87. The molecule has 248 valence electrons. The van der Waals surface area contributed by atoms with E-state index in [4.69, 9.17) is 9.47 Å². The third-order valence-electron chi connectivity index (χ3n) is 8.51. The summed E-state index contributed by atoms with van der Waals surface area (Å²) in [5.74, 6) is -13.6. The van der Waals surface area contributed by atoms with Crippen molar-refractivity contribution < 1.29 is 50.5 Å². The maximum atomic E-state index is 13.6. The molecular formula is C32H44F5NO6. The fourth-order valence-electron chi connectivity index (χ4n) is 5.95. The molecule has 1 amide bonds. The van der Waals surface area contributed by atoms with Crippen molar-refractivity contribution in [2.24, 2.45) is 17.8 Å². The third-order valence-corrected chi connectivity index (χ3v) is 8.51. The molecule has 2 aliphatic carbocycles. The fraction of sp³-hybridized carbons (Fsp3) is 0.719. The van der Waals surface area contributed by atoms with Gasteiger partial charge in [0, 0.05) is 24.3 Å². The van der Waals surface area contributed by atoms with Gasteiger partial charge in [0.1, 0.15) is 5.78 Å². The molecule has 0 aromatic heterocycles. The first-order valence-electron chi connectivity index (χ1n) is 15.9. The number of halogens is 5. The Bertz CT molecular complexity index is 1050. The summed E-state index contributed by atoms with van der Waals surface area (Å²) in [5.41, 5.74) is 0. The number of Topliss-reactive ketones (excluding diaryl/α,β-unsaturated/α-hetero) is 1. The fourth-order valence-corrected chi connectivity index (χ4v) is 5.95. The van der Waals surface area contributed by atoms with Crippen LogP contribution >= 0.6 is 0 Å². The molecule has 2 fully saturated rings. The van der Waals surface area contributed by atoms with Gasteiger partial charge in [0.25, 0.3) is 0 Å². The second-order valence-electron chi connectivity index (χ2n) is 11.7. The molecule has 0 bridgehead atoms. The second-order valence-corrected chi connectivity index (χ2v) is 11.7. The molecule has 2 saturated carbocycles. The number of amides is 1. The highest BCUT2D eigenvalue weighted by atomic mass is 19.2. The predicted octanol–water partition coefficient (Wildman–Crippen LogP) is 6.73. The van der Waals surface area contributed by atoms with Crippen molar-refractivity contribution in [1.82, 2.24) is 5.32 Å². The Balaban J connectivity index is 1.23. The molecule has 44 heavy (non-hydrogen) atoms. The number of nitrogens with one attached hydrogen (secondary N) is 1. The maximum absolute atomic E-state index is 13.6. The van der Waals surface area contributed by atoms with Gasteiger partial charge in [-0.2, -0.15) is 8.78 Å². The number of hydrogen-bond acceptors (Lipinski definition) is 6. The molecule has 12 heteroatoms. The summed E-state index contributed by atoms with van der Waals surface area (Å²) in [6.07, 6.45) is 14.3. The van der Waals surface area contributed by atoms with Gasteiger partial charge in [-0.3, -0.25) is 14.4 Å². The Morgan fingerprint density at radius 1 is 0.568 bits per heavy atom. The van der Waals surface area contributed by atoms with Gasteiger partial charge in [0.05, 0.1) is 32.8 Å². The van der Waals surface area contributed by atoms with Crippen LogP contribution in [0.2, 0.25) is 0 Å². The average Bonchev–Trinajstić information content (AvgIpc) is 3.09. The van der Waals surface area contributed by atoms with Crippen LogP contribution in [0.1, 0.15) is 96.3 Å². The highest BCUT2D eigenvalue weighted by Crippen LogP contribution is 2.34. The van der Waals surface area contributed by atoms with E-state index in [1.165, 1.54) is 38.5 Å². The monoisotopic (exact) mass is 633 g/mol. The zero-order valence-electron chi connectivity index (χ0n) is 25.2. The van der Waals surface area contributed by atoms with Gasteiger partial charge in [0.2, 0.25) is 40.7 Å². The van der Waals surface area contributed by atoms with Gasteiger partial charge in [-0.15, -0.1) is 0 Å². The first-order valence-corrected chi connectivity index (χ1v) is 15.9. The van der Waals surface area contributed by atoms with Gasteiger partial charge >= 0.3 is 5.97 Å². The van der Waals surface area contributed by atoms with Crippen molar-refractivity contribution in [2.45, 2.75) is 96.3 Å². The molecule has 1 aromatic rings. The number of ketones is 1. The molecule has 0 saturated heterocycles. The van der Waals surface area contributed by atoms with Crippen molar-refractivity contribution in [2.75, 3.05) is 33.0 Å². The molecule has 7 nitrogen and oxygen atoms in total. The van der Waals surface area contributed by atoms with E-state index in [0.29, 0.717) is 25.2 Å². The molecule has 0 aliphatic heterocycles. The zero-order chi connectivity index (χ0) is 31.9. The van der Waals surface area contributed by atoms with Gasteiger partial charge in [-0.1, -0.05) is 51.4 Å². The molecule has 0 radical (unpaired) electrons. The highest BCUT2D eigenvalue weighted by molar-refractivity contribution is 5.84. The number of rotatable bonds is 13. The summed E-state index contributed by atoms with van der Waals surface area (Å²) in [6, 6.07) is 0. The van der Waals surface area contributed by atoms with Crippen LogP contribution in [0.15, 0.2) is 0 Å². The number of esters is 1. The quantitative estimate of drug-likeness (QED) is 0.0647. The average molecular weight is 634 g/mol. The zero-order valence-corrected chi connectivity index (χ0v) is 25.2. The van der Waals surface area contributed by atoms with Crippen LogP contribution in [0.5, 0.6) is 5.75 Å². The standard InChI is InChI=1S/C32H44F5NO6/c33-25-26(34)28(36)31(29(37)27(25)35)44-24(39)15-17-42-19-20-43-18-16-38-32(41)23-13-11-22(12-14-23)30(40)21-9-7-5-3-1-2-4-6-8-10-21/h21-23H,1-20H2,(H,38,41). The minimum absolute atomic E-state index is 0.0435. The van der Waals surface area contributed by atoms with E-state index in [9.17, 15) is 36.3 Å². The molecule has 0 atom stereocenters. The molecular weight excluding hydrogens is 589 g/mol. The van der Waals surface area contributed by atoms with E-state index in [1.807, 2.05) is 0 Å². The molecule has 0 heterocycles. The summed E-state index contributed by atoms with van der Waals surface area (Å²) in [7, 11) is 0. The van der Waals surface area contributed by atoms with Gasteiger partial charge < -0.3 is 19.5 Å². The lowest BCUT2D eigenvalue weighted by Crippen LogP contribution is -2.37. The van der Waals surface area contributed by atoms with Gasteiger partial charge in [-0.05, 0) is 38.5 Å². The largest absolute Gasteiger partial charge is 0.420 e. The van der Waals surface area contributed by atoms with Crippen LogP contribution in [-0.2, 0) is 23.9 Å². The summed E-state index contributed by atoms with van der Waals surface area (Å²) < 4.78 is 81.4. The Labute approximate surface area is 255 Å². The molecule has 0 unspecified atom stereocenters. The van der Waals surface area contributed by atoms with Crippen molar-refractivity contribution in [3.05, 3.63) is 29.1 Å². The van der Waals surface area contributed by atoms with E-state index < -0.39 is 47.2 Å². The van der Waals surface area contributed by atoms with Crippen LogP contribution in [-0.4, -0.2) is 50.6 Å². The van der Waals surface area contributed by atoms with Crippen LogP contribution in [0.3, 0.4) is 0 Å². The molecule has 3 rings (SSSR count). The molecule has 1 aromatic carbocycles. The number of ether oxygens (including phenoxy) is 3. The lowest BCUT2D eigenvalue weighted by atomic mass is 9.75. The Hall–Kier alpha value is -2.60. The lowest BCUT2D eigenvalue weighted by molar-refractivity contribution is -0.136. The van der Waals surface area contributed by atoms with Crippen molar-refractivity contribution in [3.63, 3.8) is 0 Å². The van der Waals surface area contributed by atoms with Crippen LogP contribution in [0.25, 0.3) is 0 Å². The first kappa shape index (κ1) is 35.9. The Kier molecular flexibility index (Phi) is 15.5. The maximum Gasteiger partial charge on any atom is 0.313 e. The molecule has 1 N–H and O–H groups in total. The number of carbonyl (C=O) groups is 3. The van der Waals surface area contributed by atoms with E-state index >= 15 is 0 Å². The van der Waals surface area contributed by atoms with Crippen LogP contribution in [0.4, 0.5) is 22.0 Å². The van der Waals surface area contributed by atoms with Crippen LogP contribution < -0.4 is 10.1 Å². The Morgan fingerprint density at radius 2 is 1.02 bits per heavy atom. The predicted molar refractivity (Wildman–Crippen MR) is 151 cm³/mol. The minimum Gasteiger partial charge on any atom is -0.420 e. The smallest absolute Gasteiger partial charge is 0.313 e. The normalized spacial score (nSPS) is 20.5. The summed E-state index contributed by atoms with van der Waals surface area (Å²) in [6.45, 7) is 0.487. The van der Waals surface area contributed by atoms with Crippen molar-refractivity contribution >= 4 is 17.7 Å². The molecule has 0 spiro atoms. The van der Waals surface area contributed by atoms with Gasteiger partial charge in [-0.25, -0.2) is 13.2 Å². The Morgan fingerprint density at radius 3 is 1.59 bits per heavy atom. The highest BCUT2D eigenvalue weighted by Gasteiger charge is 2.33. The van der Waals surface area contributed by atoms with E-state index in [1.54, 1.807) is 0 Å². The van der Waals surface area contributed by atoms with E-state index in [2.05, 4.69) is 10.1 Å². The number of benzene rings is 1. The summed E-state index contributed by atoms with van der Waals surface area (Å²) in [4.78, 5) is 37.6. The van der Waals surface area contributed by atoms with Gasteiger partial charge in [0.15, 0.2) is 0 Å².